The van der Waals surface area contributed by atoms with Gasteiger partial charge in [0.15, 0.2) is 0 Å². The average Bonchev–Trinajstić information content (AvgIpc) is 2.95. The van der Waals surface area contributed by atoms with Crippen molar-refractivity contribution in [2.24, 2.45) is 7.05 Å². The van der Waals surface area contributed by atoms with E-state index in [1.165, 1.54) is 0 Å². The van der Waals surface area contributed by atoms with Crippen LogP contribution >= 0.6 is 11.3 Å². The maximum Gasteiger partial charge on any atom is 0.120 e. The van der Waals surface area contributed by atoms with Crippen molar-refractivity contribution < 1.29 is 0 Å². The Morgan fingerprint density at radius 1 is 1.65 bits per heavy atom. The van der Waals surface area contributed by atoms with Crippen molar-refractivity contribution in [2.75, 3.05) is 0 Å². The summed E-state index contributed by atoms with van der Waals surface area (Å²) in [7, 11) is 1.88. The molecular formula is C12H14N4S. The molecule has 4 nitrogen and oxygen atoms in total. The Labute approximate surface area is 105 Å². The summed E-state index contributed by atoms with van der Waals surface area (Å²) < 4.78 is 1.84. The first-order valence-electron chi connectivity index (χ1n) is 5.39. The Hall–Kier alpha value is -1.64. The molecule has 17 heavy (non-hydrogen) atoms. The topological polar surface area (TPSA) is 53.6 Å². The van der Waals surface area contributed by atoms with E-state index in [4.69, 9.17) is 5.26 Å². The first-order valence-corrected chi connectivity index (χ1v) is 6.27. The molecule has 0 fully saturated rings. The van der Waals surface area contributed by atoms with Crippen LogP contribution in [-0.2, 0) is 13.6 Å². The number of hydrogen-bond donors (Lipinski definition) is 1. The van der Waals surface area contributed by atoms with E-state index in [1.54, 1.807) is 11.3 Å². The summed E-state index contributed by atoms with van der Waals surface area (Å²) in [5.74, 6) is 0. The molecule has 0 aliphatic rings. The predicted molar refractivity (Wildman–Crippen MR) is 67.5 cm³/mol. The molecular weight excluding hydrogens is 232 g/mol. The van der Waals surface area contributed by atoms with Gasteiger partial charge in [0.05, 0.1) is 6.04 Å². The van der Waals surface area contributed by atoms with Gasteiger partial charge in [0.2, 0.25) is 0 Å². The highest BCUT2D eigenvalue weighted by molar-refractivity contribution is 7.09. The molecule has 0 bridgehead atoms. The van der Waals surface area contributed by atoms with Crippen molar-refractivity contribution in [2.45, 2.75) is 19.5 Å². The minimum atomic E-state index is 0.237. The van der Waals surface area contributed by atoms with Gasteiger partial charge in [0.1, 0.15) is 16.8 Å². The van der Waals surface area contributed by atoms with Crippen LogP contribution in [0.3, 0.4) is 0 Å². The molecule has 1 atom stereocenters. The Bertz CT molecular complexity index is 521. The second kappa shape index (κ2) is 5.13. The third-order valence-corrected chi connectivity index (χ3v) is 3.57. The molecule has 0 aliphatic carbocycles. The highest BCUT2D eigenvalue weighted by Crippen LogP contribution is 2.15. The van der Waals surface area contributed by atoms with Crippen LogP contribution in [-0.4, -0.2) is 9.55 Å². The SMILES string of the molecule is CC(NCc1cc(C#N)n(C)c1)c1nccs1. The van der Waals surface area contributed by atoms with Crippen LogP contribution in [0, 0.1) is 11.3 Å². The summed E-state index contributed by atoms with van der Waals surface area (Å²) in [5.41, 5.74) is 1.80. The van der Waals surface area contributed by atoms with Gasteiger partial charge in [-0.2, -0.15) is 5.26 Å². The highest BCUT2D eigenvalue weighted by atomic mass is 32.1. The van der Waals surface area contributed by atoms with E-state index in [9.17, 15) is 0 Å². The van der Waals surface area contributed by atoms with Crippen LogP contribution in [0.4, 0.5) is 0 Å². The number of nitrogens with one attached hydrogen (secondary N) is 1. The number of rotatable bonds is 4. The van der Waals surface area contributed by atoms with Crippen molar-refractivity contribution >= 4 is 11.3 Å². The lowest BCUT2D eigenvalue weighted by Crippen LogP contribution is -2.17. The van der Waals surface area contributed by atoms with Gasteiger partial charge >= 0.3 is 0 Å². The fourth-order valence-corrected chi connectivity index (χ4v) is 2.32. The van der Waals surface area contributed by atoms with Crippen LogP contribution in [0.2, 0.25) is 0 Å². The standard InChI is InChI=1S/C12H14N4S/c1-9(12-14-3-4-17-12)15-7-10-5-11(6-13)16(2)8-10/h3-5,8-9,15H,7H2,1-2H3. The number of hydrogen-bond acceptors (Lipinski definition) is 4. The number of nitrogens with zero attached hydrogens (tertiary/aromatic N) is 3. The van der Waals surface area contributed by atoms with Crippen LogP contribution in [0.5, 0.6) is 0 Å². The quantitative estimate of drug-likeness (QED) is 0.899. The normalized spacial score (nSPS) is 12.3. The minimum Gasteiger partial charge on any atom is -0.342 e. The second-order valence-electron chi connectivity index (χ2n) is 3.93. The first-order chi connectivity index (χ1) is 8.20. The molecule has 0 radical (unpaired) electrons. The van der Waals surface area contributed by atoms with Crippen molar-refractivity contribution in [1.82, 2.24) is 14.9 Å². The van der Waals surface area contributed by atoms with E-state index < -0.39 is 0 Å². The van der Waals surface area contributed by atoms with E-state index in [2.05, 4.69) is 23.3 Å². The molecule has 0 saturated heterocycles. The summed E-state index contributed by atoms with van der Waals surface area (Å²) in [6, 6.07) is 4.30. The Kier molecular flexibility index (Phi) is 3.57. The first kappa shape index (κ1) is 11.8. The van der Waals surface area contributed by atoms with Gasteiger partial charge in [0.25, 0.3) is 0 Å². The maximum absolute atomic E-state index is 8.86. The Balaban J connectivity index is 1.96. The minimum absolute atomic E-state index is 0.237. The third-order valence-electron chi connectivity index (χ3n) is 2.61. The lowest BCUT2D eigenvalue weighted by atomic mass is 10.3. The summed E-state index contributed by atoms with van der Waals surface area (Å²) in [6.45, 7) is 2.84. The summed E-state index contributed by atoms with van der Waals surface area (Å²) in [6.07, 6.45) is 3.79. The van der Waals surface area contributed by atoms with E-state index in [0.29, 0.717) is 5.69 Å². The van der Waals surface area contributed by atoms with E-state index in [0.717, 1.165) is 17.1 Å². The largest absolute Gasteiger partial charge is 0.342 e. The fraction of sp³-hybridized carbons (Fsp3) is 0.333. The average molecular weight is 246 g/mol. The molecule has 0 aliphatic heterocycles. The molecule has 2 aromatic heterocycles. The monoisotopic (exact) mass is 246 g/mol. The molecule has 0 saturated carbocycles. The summed E-state index contributed by atoms with van der Waals surface area (Å²) >= 11 is 1.65. The van der Waals surface area contributed by atoms with Crippen molar-refractivity contribution in [3.63, 3.8) is 0 Å². The van der Waals surface area contributed by atoms with E-state index in [1.807, 2.05) is 35.5 Å². The molecule has 0 spiro atoms. The van der Waals surface area contributed by atoms with Gasteiger partial charge in [-0.1, -0.05) is 0 Å². The fourth-order valence-electron chi connectivity index (χ4n) is 1.65. The van der Waals surface area contributed by atoms with Crippen molar-refractivity contribution in [3.8, 4) is 6.07 Å². The van der Waals surface area contributed by atoms with Gasteiger partial charge in [0, 0.05) is 31.4 Å². The Morgan fingerprint density at radius 3 is 3.06 bits per heavy atom. The zero-order valence-corrected chi connectivity index (χ0v) is 10.7. The summed E-state index contributed by atoms with van der Waals surface area (Å²) in [5, 5.41) is 15.3. The zero-order valence-electron chi connectivity index (χ0n) is 9.84. The van der Waals surface area contributed by atoms with E-state index in [-0.39, 0.29) is 6.04 Å². The molecule has 2 heterocycles. The zero-order chi connectivity index (χ0) is 12.3. The number of thiazole rings is 1. The van der Waals surface area contributed by atoms with Gasteiger partial charge < -0.3 is 9.88 Å². The number of aryl methyl sites for hydroxylation is 1. The van der Waals surface area contributed by atoms with Gasteiger partial charge in [-0.05, 0) is 18.6 Å². The van der Waals surface area contributed by atoms with Crippen LogP contribution < -0.4 is 5.32 Å². The molecule has 0 aromatic carbocycles. The summed E-state index contributed by atoms with van der Waals surface area (Å²) in [4.78, 5) is 4.27. The number of nitriles is 1. The van der Waals surface area contributed by atoms with Gasteiger partial charge in [-0.3, -0.25) is 0 Å². The highest BCUT2D eigenvalue weighted by Gasteiger charge is 2.08. The maximum atomic E-state index is 8.86. The Morgan fingerprint density at radius 2 is 2.47 bits per heavy atom. The molecule has 0 amide bonds. The third kappa shape index (κ3) is 2.73. The lowest BCUT2D eigenvalue weighted by Gasteiger charge is -2.09. The smallest absolute Gasteiger partial charge is 0.120 e. The van der Waals surface area contributed by atoms with Crippen LogP contribution in [0.1, 0.15) is 29.2 Å². The van der Waals surface area contributed by atoms with Crippen LogP contribution in [0.25, 0.3) is 0 Å². The second-order valence-corrected chi connectivity index (χ2v) is 4.86. The molecule has 5 heteroatoms. The number of aromatic nitrogens is 2. The molecule has 1 unspecified atom stereocenters. The van der Waals surface area contributed by atoms with Crippen molar-refractivity contribution in [3.05, 3.63) is 40.1 Å². The molecule has 88 valence electrons. The van der Waals surface area contributed by atoms with E-state index >= 15 is 0 Å². The molecule has 2 aromatic rings. The van der Waals surface area contributed by atoms with Gasteiger partial charge in [-0.25, -0.2) is 4.98 Å². The van der Waals surface area contributed by atoms with Crippen molar-refractivity contribution in [1.29, 1.82) is 5.26 Å². The molecule has 1 N–H and O–H groups in total. The molecule has 2 rings (SSSR count). The lowest BCUT2D eigenvalue weighted by molar-refractivity contribution is 0.571. The van der Waals surface area contributed by atoms with Gasteiger partial charge in [-0.15, -0.1) is 11.3 Å². The predicted octanol–water partition coefficient (Wildman–Crippen LogP) is 2.20. The van der Waals surface area contributed by atoms with Crippen LogP contribution in [0.15, 0.2) is 23.8 Å².